The number of rotatable bonds is 3. The summed E-state index contributed by atoms with van der Waals surface area (Å²) in [7, 11) is 1.24. The third kappa shape index (κ3) is 3.10. The molecule has 0 radical (unpaired) electrons. The number of hydrogen-bond acceptors (Lipinski definition) is 5. The maximum atomic E-state index is 12.0. The zero-order chi connectivity index (χ0) is 15.7. The van der Waals surface area contributed by atoms with E-state index in [1.165, 1.54) is 24.1 Å². The van der Waals surface area contributed by atoms with E-state index >= 15 is 0 Å². The molecule has 7 nitrogen and oxygen atoms in total. The molecule has 1 unspecified atom stereocenters. The Morgan fingerprint density at radius 2 is 2.24 bits per heavy atom. The van der Waals surface area contributed by atoms with Crippen LogP contribution in [-0.4, -0.2) is 30.5 Å². The number of halogens is 2. The summed E-state index contributed by atoms with van der Waals surface area (Å²) >= 11 is 7.86. The first kappa shape index (κ1) is 16.0. The Bertz CT molecular complexity index is 636. The largest absolute Gasteiger partial charge is 0.469 e. The standard InChI is InChI=1S/C12H10ClIN2O5/c1-21-12(18)6-2-11(17)15(5-6)9-3-7(13)8(14)4-10(9)16(19)20/h3-4,6H,2,5H2,1H3. The van der Waals surface area contributed by atoms with Crippen LogP contribution in [0.5, 0.6) is 0 Å². The van der Waals surface area contributed by atoms with Crippen LogP contribution in [0.2, 0.25) is 5.02 Å². The average molecular weight is 425 g/mol. The fraction of sp³-hybridized carbons (Fsp3) is 0.333. The SMILES string of the molecule is COC(=O)C1CC(=O)N(c2cc(Cl)c(I)cc2[N+](=O)[O-])C1. The molecule has 1 aromatic carbocycles. The molecule has 1 aliphatic heterocycles. The highest BCUT2D eigenvalue weighted by Gasteiger charge is 2.38. The molecule has 0 aromatic heterocycles. The van der Waals surface area contributed by atoms with Crippen LogP contribution < -0.4 is 4.90 Å². The van der Waals surface area contributed by atoms with Crippen molar-refractivity contribution in [3.8, 4) is 0 Å². The molecule has 9 heteroatoms. The molecule has 112 valence electrons. The van der Waals surface area contributed by atoms with Gasteiger partial charge in [-0.3, -0.25) is 19.7 Å². The molecule has 1 amide bonds. The van der Waals surface area contributed by atoms with E-state index in [1.54, 1.807) is 0 Å². The van der Waals surface area contributed by atoms with E-state index in [4.69, 9.17) is 11.6 Å². The summed E-state index contributed by atoms with van der Waals surface area (Å²) in [5.74, 6) is -1.50. The van der Waals surface area contributed by atoms with Crippen LogP contribution in [0.15, 0.2) is 12.1 Å². The highest BCUT2D eigenvalue weighted by atomic mass is 127. The van der Waals surface area contributed by atoms with E-state index in [2.05, 4.69) is 4.74 Å². The topological polar surface area (TPSA) is 89.8 Å². The van der Waals surface area contributed by atoms with Gasteiger partial charge in [0.25, 0.3) is 5.69 Å². The third-order valence-corrected chi connectivity index (χ3v) is 4.69. The van der Waals surface area contributed by atoms with Crippen molar-refractivity contribution in [3.63, 3.8) is 0 Å². The van der Waals surface area contributed by atoms with E-state index in [0.717, 1.165) is 0 Å². The second-order valence-corrected chi connectivity index (χ2v) is 6.01. The molecular weight excluding hydrogens is 414 g/mol. The van der Waals surface area contributed by atoms with Crippen LogP contribution in [0, 0.1) is 19.6 Å². The predicted octanol–water partition coefficient (Wildman–Crippen LogP) is 2.38. The van der Waals surface area contributed by atoms with Gasteiger partial charge in [0.15, 0.2) is 0 Å². The minimum absolute atomic E-state index is 0.0343. The van der Waals surface area contributed by atoms with Crippen LogP contribution in [0.3, 0.4) is 0 Å². The molecule has 1 fully saturated rings. The fourth-order valence-electron chi connectivity index (χ4n) is 2.15. The number of hydrogen-bond donors (Lipinski definition) is 0. The summed E-state index contributed by atoms with van der Waals surface area (Å²) in [5.41, 5.74) is -0.121. The Morgan fingerprint density at radius 1 is 1.57 bits per heavy atom. The first-order valence-corrected chi connectivity index (χ1v) is 7.32. The highest BCUT2D eigenvalue weighted by Crippen LogP contribution is 2.37. The van der Waals surface area contributed by atoms with Crippen molar-refractivity contribution in [1.29, 1.82) is 0 Å². The number of carbonyl (C=O) groups is 2. The molecule has 1 aliphatic rings. The van der Waals surface area contributed by atoms with Crippen molar-refractivity contribution < 1.29 is 19.2 Å². The van der Waals surface area contributed by atoms with Crippen LogP contribution >= 0.6 is 34.2 Å². The molecule has 1 atom stereocenters. The summed E-state index contributed by atoms with van der Waals surface area (Å²) in [6.07, 6.45) is -0.0343. The van der Waals surface area contributed by atoms with Crippen LogP contribution in [0.4, 0.5) is 11.4 Å². The molecule has 0 spiro atoms. The second-order valence-electron chi connectivity index (χ2n) is 4.44. The van der Waals surface area contributed by atoms with Gasteiger partial charge < -0.3 is 9.64 Å². The number of nitro groups is 1. The lowest BCUT2D eigenvalue weighted by Crippen LogP contribution is -2.27. The minimum Gasteiger partial charge on any atom is -0.469 e. The first-order valence-electron chi connectivity index (χ1n) is 5.86. The van der Waals surface area contributed by atoms with Crippen LogP contribution in [-0.2, 0) is 14.3 Å². The van der Waals surface area contributed by atoms with Gasteiger partial charge in [0, 0.05) is 22.6 Å². The molecule has 2 rings (SSSR count). The molecule has 1 saturated heterocycles. The fourth-order valence-corrected chi connectivity index (χ4v) is 2.76. The Hall–Kier alpha value is -1.42. The average Bonchev–Trinajstić information content (AvgIpc) is 2.82. The third-order valence-electron chi connectivity index (χ3n) is 3.16. The number of amides is 1. The highest BCUT2D eigenvalue weighted by molar-refractivity contribution is 14.1. The molecule has 0 bridgehead atoms. The molecular formula is C12H10ClIN2O5. The van der Waals surface area contributed by atoms with Crippen molar-refractivity contribution in [3.05, 3.63) is 30.8 Å². The summed E-state index contributed by atoms with van der Waals surface area (Å²) in [5, 5.41) is 11.5. The van der Waals surface area contributed by atoms with Crippen LogP contribution in [0.25, 0.3) is 0 Å². The smallest absolute Gasteiger partial charge is 0.311 e. The molecule has 1 heterocycles. The van der Waals surface area contributed by atoms with E-state index in [9.17, 15) is 19.7 Å². The number of benzene rings is 1. The number of carbonyl (C=O) groups excluding carboxylic acids is 2. The van der Waals surface area contributed by atoms with E-state index in [1.807, 2.05) is 22.6 Å². The zero-order valence-corrected chi connectivity index (χ0v) is 13.8. The molecule has 1 aromatic rings. The Kier molecular flexibility index (Phi) is 4.67. The Balaban J connectivity index is 2.42. The summed E-state index contributed by atoms with van der Waals surface area (Å²) in [6.45, 7) is 0.0449. The van der Waals surface area contributed by atoms with Crippen molar-refractivity contribution >= 4 is 57.4 Å². The lowest BCUT2D eigenvalue weighted by molar-refractivity contribution is -0.384. The number of anilines is 1. The van der Waals surface area contributed by atoms with Gasteiger partial charge in [0.05, 0.1) is 23.0 Å². The van der Waals surface area contributed by atoms with Gasteiger partial charge in [-0.2, -0.15) is 0 Å². The van der Waals surface area contributed by atoms with Crippen molar-refractivity contribution in [1.82, 2.24) is 0 Å². The van der Waals surface area contributed by atoms with Crippen molar-refractivity contribution in [2.24, 2.45) is 5.92 Å². The Labute approximate surface area is 138 Å². The van der Waals surface area contributed by atoms with Gasteiger partial charge in [-0.25, -0.2) is 0 Å². The number of esters is 1. The minimum atomic E-state index is -0.625. The van der Waals surface area contributed by atoms with Gasteiger partial charge in [0.2, 0.25) is 5.91 Å². The monoisotopic (exact) mass is 424 g/mol. The predicted molar refractivity (Wildman–Crippen MR) is 83.3 cm³/mol. The van der Waals surface area contributed by atoms with Crippen LogP contribution in [0.1, 0.15) is 6.42 Å². The summed E-state index contributed by atoms with van der Waals surface area (Å²) in [4.78, 5) is 35.3. The zero-order valence-electron chi connectivity index (χ0n) is 10.8. The molecule has 0 saturated carbocycles. The van der Waals surface area contributed by atoms with E-state index in [0.29, 0.717) is 8.59 Å². The first-order chi connectivity index (χ1) is 9.85. The lowest BCUT2D eigenvalue weighted by Gasteiger charge is -2.17. The molecule has 0 N–H and O–H groups in total. The van der Waals surface area contributed by atoms with E-state index < -0.39 is 16.8 Å². The second kappa shape index (κ2) is 6.14. The lowest BCUT2D eigenvalue weighted by atomic mass is 10.1. The van der Waals surface area contributed by atoms with Gasteiger partial charge in [-0.05, 0) is 28.7 Å². The summed E-state index contributed by atoms with van der Waals surface area (Å²) in [6, 6.07) is 2.68. The quantitative estimate of drug-likeness (QED) is 0.322. The molecule has 21 heavy (non-hydrogen) atoms. The van der Waals surface area contributed by atoms with Gasteiger partial charge in [-0.15, -0.1) is 0 Å². The maximum absolute atomic E-state index is 12.0. The number of nitro benzene ring substituents is 1. The van der Waals surface area contributed by atoms with Gasteiger partial charge in [0.1, 0.15) is 5.69 Å². The molecule has 0 aliphatic carbocycles. The van der Waals surface area contributed by atoms with Crippen molar-refractivity contribution in [2.45, 2.75) is 6.42 Å². The van der Waals surface area contributed by atoms with Crippen molar-refractivity contribution in [2.75, 3.05) is 18.6 Å². The normalized spacial score (nSPS) is 18.0. The van der Waals surface area contributed by atoms with Gasteiger partial charge in [-0.1, -0.05) is 11.6 Å². The number of methoxy groups -OCH3 is 1. The maximum Gasteiger partial charge on any atom is 0.311 e. The Morgan fingerprint density at radius 3 is 2.81 bits per heavy atom. The van der Waals surface area contributed by atoms with Gasteiger partial charge >= 0.3 is 5.97 Å². The number of ether oxygens (including phenoxy) is 1. The van der Waals surface area contributed by atoms with E-state index in [-0.39, 0.29) is 30.2 Å². The summed E-state index contributed by atoms with van der Waals surface area (Å²) < 4.78 is 5.12. The number of nitrogens with zero attached hydrogens (tertiary/aromatic N) is 2.